The van der Waals surface area contributed by atoms with E-state index in [0.717, 1.165) is 17.5 Å². The van der Waals surface area contributed by atoms with E-state index in [1.54, 1.807) is 6.07 Å². The van der Waals surface area contributed by atoms with Crippen LogP contribution in [0.3, 0.4) is 0 Å². The standard InChI is InChI=1S/C22H28O7/c23-10-11(8-17(26)27)7-12-3-5-21-18-13-1-2-15(24)19(18)29-20(21)16(25)4-6-22(21,28)14(12)9-13/h1-2,11-12,14,16,20,23-25,28H,3-10H2,(H,26,27)/t11?,12?,14-,16-,20-,21-,22+/m0/s1. The zero-order valence-electron chi connectivity index (χ0n) is 16.3. The van der Waals surface area contributed by atoms with Crippen molar-refractivity contribution in [2.24, 2.45) is 17.8 Å². The highest BCUT2D eigenvalue weighted by Crippen LogP contribution is 2.68. The van der Waals surface area contributed by atoms with Gasteiger partial charge in [-0.1, -0.05) is 6.07 Å². The number of carboxylic acids is 1. The van der Waals surface area contributed by atoms with E-state index in [-0.39, 0.29) is 36.5 Å². The van der Waals surface area contributed by atoms with Crippen molar-refractivity contribution in [2.45, 2.75) is 68.2 Å². The number of aliphatic hydroxyl groups excluding tert-OH is 2. The summed E-state index contributed by atoms with van der Waals surface area (Å²) in [6.07, 6.45) is 2.07. The van der Waals surface area contributed by atoms with Crippen LogP contribution in [0.4, 0.5) is 0 Å². The maximum absolute atomic E-state index is 12.1. The first-order chi connectivity index (χ1) is 13.8. The predicted octanol–water partition coefficient (Wildman–Crippen LogP) is 1.33. The van der Waals surface area contributed by atoms with Crippen molar-refractivity contribution in [1.29, 1.82) is 0 Å². The third-order valence-electron chi connectivity index (χ3n) is 8.23. The Morgan fingerprint density at radius 3 is 2.79 bits per heavy atom. The summed E-state index contributed by atoms with van der Waals surface area (Å²) in [5.74, 6) is -0.817. The minimum atomic E-state index is -1.07. The van der Waals surface area contributed by atoms with Crippen LogP contribution in [0.25, 0.3) is 0 Å². The third kappa shape index (κ3) is 2.38. The van der Waals surface area contributed by atoms with Crippen LogP contribution in [-0.2, 0) is 16.6 Å². The summed E-state index contributed by atoms with van der Waals surface area (Å²) >= 11 is 0. The van der Waals surface area contributed by atoms with Gasteiger partial charge >= 0.3 is 5.97 Å². The van der Waals surface area contributed by atoms with E-state index < -0.39 is 29.2 Å². The number of rotatable bonds is 5. The van der Waals surface area contributed by atoms with Crippen molar-refractivity contribution >= 4 is 5.97 Å². The fraction of sp³-hybridized carbons (Fsp3) is 0.682. The number of hydrogen-bond donors (Lipinski definition) is 5. The van der Waals surface area contributed by atoms with Crippen LogP contribution >= 0.6 is 0 Å². The molecule has 0 saturated heterocycles. The Morgan fingerprint density at radius 1 is 1.28 bits per heavy atom. The molecule has 1 aromatic rings. The molecule has 5 N–H and O–H groups in total. The van der Waals surface area contributed by atoms with Crippen molar-refractivity contribution in [3.63, 3.8) is 0 Å². The third-order valence-corrected chi connectivity index (χ3v) is 8.23. The second-order valence-electron chi connectivity index (χ2n) is 9.48. The number of hydrogen-bond acceptors (Lipinski definition) is 6. The van der Waals surface area contributed by atoms with Gasteiger partial charge in [-0.3, -0.25) is 4.79 Å². The highest BCUT2D eigenvalue weighted by molar-refractivity contribution is 5.67. The molecule has 3 aliphatic carbocycles. The molecule has 7 atom stereocenters. The van der Waals surface area contributed by atoms with Gasteiger partial charge in [0, 0.05) is 12.2 Å². The second kappa shape index (κ2) is 6.33. The zero-order chi connectivity index (χ0) is 20.6. The van der Waals surface area contributed by atoms with Crippen molar-refractivity contribution in [1.82, 2.24) is 0 Å². The van der Waals surface area contributed by atoms with E-state index in [1.165, 1.54) is 0 Å². The fourth-order valence-electron chi connectivity index (χ4n) is 7.13. The van der Waals surface area contributed by atoms with Gasteiger partial charge < -0.3 is 30.3 Å². The Morgan fingerprint density at radius 2 is 2.07 bits per heavy atom. The van der Waals surface area contributed by atoms with E-state index in [9.17, 15) is 25.2 Å². The SMILES string of the molecule is O=C(O)CC(CO)CC1CC[C@]23c4c5ccc(O)c4O[C@H]2[C@@H](O)CC[C@@]3(O)[C@H]1C5. The minimum absolute atomic E-state index is 0.0458. The lowest BCUT2D eigenvalue weighted by Gasteiger charge is -2.63. The number of benzene rings is 1. The predicted molar refractivity (Wildman–Crippen MR) is 102 cm³/mol. The van der Waals surface area contributed by atoms with Gasteiger partial charge in [-0.15, -0.1) is 0 Å². The monoisotopic (exact) mass is 404 g/mol. The molecule has 2 bridgehead atoms. The lowest BCUT2D eigenvalue weighted by molar-refractivity contribution is -0.210. The van der Waals surface area contributed by atoms with E-state index in [1.807, 2.05) is 6.07 Å². The van der Waals surface area contributed by atoms with Crippen molar-refractivity contribution in [3.8, 4) is 11.5 Å². The molecule has 29 heavy (non-hydrogen) atoms. The van der Waals surface area contributed by atoms with Crippen LogP contribution in [-0.4, -0.2) is 55.9 Å². The van der Waals surface area contributed by atoms with Crippen LogP contribution in [0, 0.1) is 17.8 Å². The zero-order valence-corrected chi connectivity index (χ0v) is 16.3. The summed E-state index contributed by atoms with van der Waals surface area (Å²) in [5.41, 5.74) is 0.0830. The Balaban J connectivity index is 1.59. The second-order valence-corrected chi connectivity index (χ2v) is 9.48. The Labute approximate surface area is 168 Å². The lowest BCUT2D eigenvalue weighted by Crippen LogP contribution is -2.72. The summed E-state index contributed by atoms with van der Waals surface area (Å²) in [6.45, 7) is -0.182. The number of phenols is 1. The molecule has 2 fully saturated rings. The van der Waals surface area contributed by atoms with Gasteiger partial charge in [0.15, 0.2) is 11.5 Å². The molecule has 2 saturated carbocycles. The first-order valence-electron chi connectivity index (χ1n) is 10.6. The molecule has 2 unspecified atom stereocenters. The molecule has 0 aromatic heterocycles. The number of aliphatic carboxylic acids is 1. The summed E-state index contributed by atoms with van der Waals surface area (Å²) < 4.78 is 6.10. The molecule has 1 aromatic carbocycles. The number of phenolic OH excluding ortho intramolecular Hbond substituents is 1. The van der Waals surface area contributed by atoms with Gasteiger partial charge in [0.2, 0.25) is 0 Å². The van der Waals surface area contributed by atoms with Crippen LogP contribution < -0.4 is 4.74 Å². The highest BCUT2D eigenvalue weighted by atomic mass is 16.5. The number of aromatic hydroxyl groups is 1. The molecule has 7 nitrogen and oxygen atoms in total. The summed E-state index contributed by atoms with van der Waals surface area (Å²) in [4.78, 5) is 11.2. The average molecular weight is 404 g/mol. The molecule has 0 amide bonds. The van der Waals surface area contributed by atoms with E-state index in [2.05, 4.69) is 0 Å². The Bertz CT molecular complexity index is 854. The Hall–Kier alpha value is -1.83. The average Bonchev–Trinajstić information content (AvgIpc) is 3.03. The number of aliphatic hydroxyl groups is 3. The van der Waals surface area contributed by atoms with Gasteiger partial charge in [-0.05, 0) is 67.9 Å². The van der Waals surface area contributed by atoms with E-state index >= 15 is 0 Å². The molecule has 7 heteroatoms. The van der Waals surface area contributed by atoms with E-state index in [4.69, 9.17) is 9.84 Å². The van der Waals surface area contributed by atoms with Gasteiger partial charge in [0.05, 0.1) is 23.5 Å². The maximum atomic E-state index is 12.1. The quantitative estimate of drug-likeness (QED) is 0.501. The normalized spacial score (nSPS) is 40.1. The minimum Gasteiger partial charge on any atom is -0.504 e. The molecule has 1 heterocycles. The molecule has 1 spiro atoms. The molecular formula is C22H28O7. The van der Waals surface area contributed by atoms with Gasteiger partial charge in [-0.2, -0.15) is 0 Å². The molecule has 4 aliphatic rings. The highest BCUT2D eigenvalue weighted by Gasteiger charge is 2.72. The van der Waals surface area contributed by atoms with Crippen molar-refractivity contribution in [2.75, 3.05) is 6.61 Å². The molecule has 5 rings (SSSR count). The summed E-state index contributed by atoms with van der Waals surface area (Å²) in [5, 5.41) is 52.1. The van der Waals surface area contributed by atoms with Crippen molar-refractivity contribution < 1.29 is 35.1 Å². The van der Waals surface area contributed by atoms with Gasteiger partial charge in [-0.25, -0.2) is 0 Å². The van der Waals surface area contributed by atoms with Crippen LogP contribution in [0.2, 0.25) is 0 Å². The number of carbonyl (C=O) groups is 1. The largest absolute Gasteiger partial charge is 0.504 e. The molecule has 158 valence electrons. The van der Waals surface area contributed by atoms with Crippen LogP contribution in [0.1, 0.15) is 49.7 Å². The smallest absolute Gasteiger partial charge is 0.303 e. The molecule has 0 radical (unpaired) electrons. The Kier molecular flexibility index (Phi) is 4.18. The van der Waals surface area contributed by atoms with Crippen molar-refractivity contribution in [3.05, 3.63) is 23.3 Å². The summed E-state index contributed by atoms with van der Waals surface area (Å²) in [7, 11) is 0. The summed E-state index contributed by atoms with van der Waals surface area (Å²) in [6, 6.07) is 3.50. The van der Waals surface area contributed by atoms with Crippen LogP contribution in [0.5, 0.6) is 11.5 Å². The first kappa shape index (κ1) is 19.2. The number of carboxylic acid groups (broad SMARTS) is 1. The van der Waals surface area contributed by atoms with Gasteiger partial charge in [0.25, 0.3) is 0 Å². The maximum Gasteiger partial charge on any atom is 0.303 e. The first-order valence-corrected chi connectivity index (χ1v) is 10.6. The topological polar surface area (TPSA) is 127 Å². The van der Waals surface area contributed by atoms with E-state index in [0.29, 0.717) is 37.9 Å². The van der Waals surface area contributed by atoms with Crippen LogP contribution in [0.15, 0.2) is 12.1 Å². The van der Waals surface area contributed by atoms with Gasteiger partial charge in [0.1, 0.15) is 6.10 Å². The lowest BCUT2D eigenvalue weighted by atomic mass is 9.43. The fourth-order valence-corrected chi connectivity index (χ4v) is 7.13. The molecule has 1 aliphatic heterocycles. The molecular weight excluding hydrogens is 376 g/mol. The number of ether oxygens (including phenoxy) is 1.